The molecule has 0 atom stereocenters. The van der Waals surface area contributed by atoms with Crippen LogP contribution in [0.2, 0.25) is 0 Å². The van der Waals surface area contributed by atoms with Gasteiger partial charge >= 0.3 is 0 Å². The van der Waals surface area contributed by atoms with Crippen LogP contribution >= 0.6 is 11.3 Å². The molecular formula is C18H12N2OS. The maximum atomic E-state index is 12.4. The van der Waals surface area contributed by atoms with Crippen molar-refractivity contribution in [1.82, 2.24) is 0 Å². The first kappa shape index (κ1) is 14.1. The maximum absolute atomic E-state index is 12.4. The third kappa shape index (κ3) is 2.90. The number of rotatable bonds is 3. The third-order valence-corrected chi connectivity index (χ3v) is 4.12. The summed E-state index contributed by atoms with van der Waals surface area (Å²) in [4.78, 5) is 13.5. The smallest absolute Gasteiger partial charge is 0.255 e. The lowest BCUT2D eigenvalue weighted by molar-refractivity contribution is 0.102. The van der Waals surface area contributed by atoms with Gasteiger partial charge in [0.15, 0.2) is 0 Å². The molecule has 1 heterocycles. The number of hydrogen-bond donors (Lipinski definition) is 1. The van der Waals surface area contributed by atoms with Crippen molar-refractivity contribution in [2.24, 2.45) is 0 Å². The largest absolute Gasteiger partial charge is 0.321 e. The first-order valence-electron chi connectivity index (χ1n) is 6.72. The average molecular weight is 304 g/mol. The highest BCUT2D eigenvalue weighted by molar-refractivity contribution is 7.13. The highest BCUT2D eigenvalue weighted by Crippen LogP contribution is 2.31. The van der Waals surface area contributed by atoms with Crippen molar-refractivity contribution in [1.29, 1.82) is 5.26 Å². The van der Waals surface area contributed by atoms with E-state index in [4.69, 9.17) is 5.26 Å². The molecule has 0 aliphatic rings. The van der Waals surface area contributed by atoms with E-state index in [1.165, 1.54) is 0 Å². The van der Waals surface area contributed by atoms with Gasteiger partial charge in [-0.15, -0.1) is 11.3 Å². The number of nitriles is 1. The third-order valence-electron chi connectivity index (χ3n) is 3.22. The number of carbonyl (C=O) groups excluding carboxylic acids is 1. The second-order valence-corrected chi connectivity index (χ2v) is 5.62. The van der Waals surface area contributed by atoms with Crippen molar-refractivity contribution in [2.45, 2.75) is 0 Å². The number of nitrogens with one attached hydrogen (secondary N) is 1. The van der Waals surface area contributed by atoms with E-state index in [0.717, 1.165) is 16.1 Å². The summed E-state index contributed by atoms with van der Waals surface area (Å²) in [6.45, 7) is 0. The van der Waals surface area contributed by atoms with Gasteiger partial charge < -0.3 is 5.32 Å². The molecule has 3 aromatic rings. The fraction of sp³-hybridized carbons (Fsp3) is 0. The van der Waals surface area contributed by atoms with Crippen LogP contribution in [0.5, 0.6) is 0 Å². The molecular weight excluding hydrogens is 292 g/mol. The molecule has 0 spiro atoms. The summed E-state index contributed by atoms with van der Waals surface area (Å²) >= 11 is 1.62. The molecule has 0 aliphatic carbocycles. The molecule has 3 rings (SSSR count). The Bertz CT molecular complexity index is 848. The van der Waals surface area contributed by atoms with Crippen molar-refractivity contribution in [3.05, 3.63) is 77.2 Å². The Hall–Kier alpha value is -2.90. The monoisotopic (exact) mass is 304 g/mol. The van der Waals surface area contributed by atoms with Gasteiger partial charge in [0.05, 0.1) is 11.6 Å². The minimum Gasteiger partial charge on any atom is -0.321 e. The van der Waals surface area contributed by atoms with E-state index >= 15 is 0 Å². The molecule has 1 amide bonds. The molecule has 1 N–H and O–H groups in total. The summed E-state index contributed by atoms with van der Waals surface area (Å²) in [7, 11) is 0. The standard InChI is InChI=1S/C18H12N2OS/c19-12-13-5-3-6-14(11-13)18(21)20-16-8-2-1-7-15(16)17-9-4-10-22-17/h1-11H,(H,20,21). The molecule has 0 saturated heterocycles. The predicted molar refractivity (Wildman–Crippen MR) is 88.9 cm³/mol. The first-order valence-corrected chi connectivity index (χ1v) is 7.60. The Morgan fingerprint density at radius 3 is 2.68 bits per heavy atom. The summed E-state index contributed by atoms with van der Waals surface area (Å²) in [6.07, 6.45) is 0. The van der Waals surface area contributed by atoms with Crippen LogP contribution < -0.4 is 5.32 Å². The lowest BCUT2D eigenvalue weighted by atomic mass is 10.1. The van der Waals surface area contributed by atoms with E-state index in [9.17, 15) is 4.79 Å². The molecule has 1 aromatic heterocycles. The topological polar surface area (TPSA) is 52.9 Å². The number of anilines is 1. The Kier molecular flexibility index (Phi) is 3.99. The number of amides is 1. The zero-order valence-corrected chi connectivity index (χ0v) is 12.4. The molecule has 2 aromatic carbocycles. The van der Waals surface area contributed by atoms with Crippen molar-refractivity contribution < 1.29 is 4.79 Å². The SMILES string of the molecule is N#Cc1cccc(C(=O)Nc2ccccc2-c2cccs2)c1. The first-order chi connectivity index (χ1) is 10.8. The van der Waals surface area contributed by atoms with Gasteiger partial charge in [-0.05, 0) is 35.7 Å². The lowest BCUT2D eigenvalue weighted by Gasteiger charge is -2.10. The lowest BCUT2D eigenvalue weighted by Crippen LogP contribution is -2.12. The maximum Gasteiger partial charge on any atom is 0.255 e. The summed E-state index contributed by atoms with van der Waals surface area (Å²) in [6, 6.07) is 20.4. The Balaban J connectivity index is 1.90. The van der Waals surface area contributed by atoms with Crippen molar-refractivity contribution in [3.8, 4) is 16.5 Å². The molecule has 0 saturated carbocycles. The van der Waals surface area contributed by atoms with Crippen LogP contribution in [-0.2, 0) is 0 Å². The van der Waals surface area contributed by atoms with Crippen LogP contribution in [0.4, 0.5) is 5.69 Å². The molecule has 22 heavy (non-hydrogen) atoms. The Morgan fingerprint density at radius 1 is 1.05 bits per heavy atom. The van der Waals surface area contributed by atoms with E-state index in [2.05, 4.69) is 5.32 Å². The normalized spacial score (nSPS) is 9.95. The van der Waals surface area contributed by atoms with Crippen molar-refractivity contribution in [3.63, 3.8) is 0 Å². The van der Waals surface area contributed by atoms with Gasteiger partial charge in [-0.25, -0.2) is 0 Å². The fourth-order valence-corrected chi connectivity index (χ4v) is 2.93. The fourth-order valence-electron chi connectivity index (χ4n) is 2.16. The zero-order chi connectivity index (χ0) is 15.4. The van der Waals surface area contributed by atoms with Gasteiger partial charge in [-0.3, -0.25) is 4.79 Å². The molecule has 0 unspecified atom stereocenters. The Morgan fingerprint density at radius 2 is 1.91 bits per heavy atom. The minimum atomic E-state index is -0.221. The minimum absolute atomic E-state index is 0.221. The van der Waals surface area contributed by atoms with E-state index in [-0.39, 0.29) is 5.91 Å². The van der Waals surface area contributed by atoms with Crippen LogP contribution in [0.15, 0.2) is 66.0 Å². The van der Waals surface area contributed by atoms with Crippen molar-refractivity contribution >= 4 is 22.9 Å². The zero-order valence-electron chi connectivity index (χ0n) is 11.6. The van der Waals surface area contributed by atoms with E-state index in [1.54, 1.807) is 35.6 Å². The summed E-state index contributed by atoms with van der Waals surface area (Å²) in [5, 5.41) is 13.9. The van der Waals surface area contributed by atoms with Crippen molar-refractivity contribution in [2.75, 3.05) is 5.32 Å². The second-order valence-electron chi connectivity index (χ2n) is 4.67. The van der Waals surface area contributed by atoms with Gasteiger partial charge in [-0.2, -0.15) is 5.26 Å². The number of thiophene rings is 1. The Labute approximate surface area is 132 Å². The van der Waals surface area contributed by atoms with E-state index in [1.807, 2.05) is 47.8 Å². The second kappa shape index (κ2) is 6.25. The molecule has 106 valence electrons. The van der Waals surface area contributed by atoms with Crippen LogP contribution in [0.25, 0.3) is 10.4 Å². The summed E-state index contributed by atoms with van der Waals surface area (Å²) in [5.41, 5.74) is 2.69. The van der Waals surface area contributed by atoms with Gasteiger partial charge in [0.1, 0.15) is 0 Å². The highest BCUT2D eigenvalue weighted by atomic mass is 32.1. The number of nitrogens with zero attached hydrogens (tertiary/aromatic N) is 1. The quantitative estimate of drug-likeness (QED) is 0.772. The van der Waals surface area contributed by atoms with E-state index in [0.29, 0.717) is 11.1 Å². The molecule has 3 nitrogen and oxygen atoms in total. The van der Waals surface area contributed by atoms with Crippen LogP contribution in [-0.4, -0.2) is 5.91 Å². The molecule has 0 bridgehead atoms. The molecule has 0 fully saturated rings. The highest BCUT2D eigenvalue weighted by Gasteiger charge is 2.11. The number of para-hydroxylation sites is 1. The van der Waals surface area contributed by atoms with Gasteiger partial charge in [0.2, 0.25) is 0 Å². The van der Waals surface area contributed by atoms with Crippen LogP contribution in [0.3, 0.4) is 0 Å². The van der Waals surface area contributed by atoms with Gasteiger partial charge in [0, 0.05) is 21.7 Å². The van der Waals surface area contributed by atoms with Crippen LogP contribution in [0.1, 0.15) is 15.9 Å². The number of benzene rings is 2. The summed E-state index contributed by atoms with van der Waals surface area (Å²) in [5.74, 6) is -0.221. The molecule has 4 heteroatoms. The number of hydrogen-bond acceptors (Lipinski definition) is 3. The number of carbonyl (C=O) groups is 1. The average Bonchev–Trinajstić information content (AvgIpc) is 3.09. The molecule has 0 aliphatic heterocycles. The molecule has 0 radical (unpaired) electrons. The van der Waals surface area contributed by atoms with Crippen LogP contribution in [0, 0.1) is 11.3 Å². The van der Waals surface area contributed by atoms with Gasteiger partial charge in [0.25, 0.3) is 5.91 Å². The predicted octanol–water partition coefficient (Wildman–Crippen LogP) is 4.54. The van der Waals surface area contributed by atoms with Gasteiger partial charge in [-0.1, -0.05) is 30.3 Å². The summed E-state index contributed by atoms with van der Waals surface area (Å²) < 4.78 is 0. The van der Waals surface area contributed by atoms with E-state index < -0.39 is 0 Å².